The highest BCUT2D eigenvalue weighted by atomic mass is 79.9. The van der Waals surface area contributed by atoms with E-state index in [0.29, 0.717) is 13.1 Å². The van der Waals surface area contributed by atoms with Gasteiger partial charge < -0.3 is 10.3 Å². The molecule has 2 aromatic rings. The average molecular weight is 373 g/mol. The topological polar surface area (TPSA) is 90.0 Å². The van der Waals surface area contributed by atoms with Crippen molar-refractivity contribution in [2.24, 2.45) is 5.73 Å². The second-order valence-corrected chi connectivity index (χ2v) is 7.12. The Bertz CT molecular complexity index is 734. The molecule has 8 heteroatoms. The Morgan fingerprint density at radius 3 is 2.67 bits per heavy atom. The zero-order valence-corrected chi connectivity index (χ0v) is 14.2. The number of halogens is 1. The minimum Gasteiger partial charge on any atom is -0.349 e. The molecule has 0 saturated carbocycles. The van der Waals surface area contributed by atoms with E-state index in [2.05, 4.69) is 25.6 Å². The van der Waals surface area contributed by atoms with Crippen LogP contribution >= 0.6 is 15.9 Å². The maximum Gasteiger partial charge on any atom is 0.264 e. The van der Waals surface area contributed by atoms with E-state index in [1.54, 1.807) is 24.5 Å². The van der Waals surface area contributed by atoms with Gasteiger partial charge in [0.05, 0.1) is 0 Å². The minimum atomic E-state index is -3.67. The summed E-state index contributed by atoms with van der Waals surface area (Å²) >= 11 is 3.33. The summed E-state index contributed by atoms with van der Waals surface area (Å²) in [6.45, 7) is 4.75. The van der Waals surface area contributed by atoms with E-state index in [1.807, 2.05) is 18.4 Å². The van der Waals surface area contributed by atoms with E-state index < -0.39 is 10.0 Å². The molecule has 0 aliphatic carbocycles. The van der Waals surface area contributed by atoms with Crippen molar-refractivity contribution in [3.63, 3.8) is 0 Å². The minimum absolute atomic E-state index is 0.187. The van der Waals surface area contributed by atoms with Crippen LogP contribution in [0.2, 0.25) is 0 Å². The normalized spacial score (nSPS) is 11.6. The average Bonchev–Trinajstić information content (AvgIpc) is 2.86. The first kappa shape index (κ1) is 16.0. The molecule has 3 N–H and O–H groups in total. The summed E-state index contributed by atoms with van der Waals surface area (Å²) in [6.07, 6.45) is 3.14. The molecule has 0 atom stereocenters. The van der Waals surface area contributed by atoms with Crippen molar-refractivity contribution in [3.05, 3.63) is 40.3 Å². The quantitative estimate of drug-likeness (QED) is 0.841. The SMILES string of the molecule is CCn1cc(S(=O)(=O)Nc2cc(C)c(Br)cn2)cc1CN. The summed E-state index contributed by atoms with van der Waals surface area (Å²) in [5.74, 6) is 0.286. The predicted molar refractivity (Wildman–Crippen MR) is 85.5 cm³/mol. The fraction of sp³-hybridized carbons (Fsp3) is 0.308. The van der Waals surface area contributed by atoms with Crippen LogP contribution in [-0.4, -0.2) is 18.0 Å². The van der Waals surface area contributed by atoms with E-state index in [9.17, 15) is 8.42 Å². The lowest BCUT2D eigenvalue weighted by Gasteiger charge is -2.07. The summed E-state index contributed by atoms with van der Waals surface area (Å²) in [7, 11) is -3.67. The van der Waals surface area contributed by atoms with E-state index >= 15 is 0 Å². The maximum atomic E-state index is 12.4. The highest BCUT2D eigenvalue weighted by Gasteiger charge is 2.18. The van der Waals surface area contributed by atoms with Crippen molar-refractivity contribution in [1.82, 2.24) is 9.55 Å². The van der Waals surface area contributed by atoms with Crippen molar-refractivity contribution < 1.29 is 8.42 Å². The molecule has 0 bridgehead atoms. The number of anilines is 1. The zero-order chi connectivity index (χ0) is 15.6. The van der Waals surface area contributed by atoms with Gasteiger partial charge in [-0.15, -0.1) is 0 Å². The Balaban J connectivity index is 2.33. The molecule has 0 radical (unpaired) electrons. The molecule has 2 aromatic heterocycles. The number of nitrogens with one attached hydrogen (secondary N) is 1. The highest BCUT2D eigenvalue weighted by molar-refractivity contribution is 9.10. The van der Waals surface area contributed by atoms with Crippen molar-refractivity contribution in [2.75, 3.05) is 4.72 Å². The lowest BCUT2D eigenvalue weighted by Crippen LogP contribution is -2.13. The Morgan fingerprint density at radius 2 is 2.14 bits per heavy atom. The molecule has 21 heavy (non-hydrogen) atoms. The van der Waals surface area contributed by atoms with Gasteiger partial charge in [-0.1, -0.05) is 0 Å². The van der Waals surface area contributed by atoms with Gasteiger partial charge in [-0.3, -0.25) is 4.72 Å². The lowest BCUT2D eigenvalue weighted by atomic mass is 10.3. The Labute approximate surface area is 132 Å². The van der Waals surface area contributed by atoms with Gasteiger partial charge in [-0.05, 0) is 47.5 Å². The van der Waals surface area contributed by atoms with Crippen molar-refractivity contribution in [3.8, 4) is 0 Å². The summed E-state index contributed by atoms with van der Waals surface area (Å²) < 4.78 is 29.9. The largest absolute Gasteiger partial charge is 0.349 e. The number of nitrogens with zero attached hydrogens (tertiary/aromatic N) is 2. The van der Waals surface area contributed by atoms with Crippen LogP contribution in [0.4, 0.5) is 5.82 Å². The van der Waals surface area contributed by atoms with Crippen molar-refractivity contribution in [1.29, 1.82) is 0 Å². The third-order valence-corrected chi connectivity index (χ3v) is 5.26. The monoisotopic (exact) mass is 372 g/mol. The van der Waals surface area contributed by atoms with Gasteiger partial charge in [0.25, 0.3) is 10.0 Å². The smallest absolute Gasteiger partial charge is 0.264 e. The Morgan fingerprint density at radius 1 is 1.43 bits per heavy atom. The molecule has 0 aromatic carbocycles. The van der Waals surface area contributed by atoms with Crippen LogP contribution in [0.1, 0.15) is 18.2 Å². The van der Waals surface area contributed by atoms with E-state index in [0.717, 1.165) is 15.7 Å². The molecule has 0 amide bonds. The van der Waals surface area contributed by atoms with Crippen molar-refractivity contribution >= 4 is 31.8 Å². The number of rotatable bonds is 5. The van der Waals surface area contributed by atoms with Crippen LogP contribution in [0.15, 0.2) is 33.9 Å². The number of pyridine rings is 1. The van der Waals surface area contributed by atoms with Gasteiger partial charge in [0.15, 0.2) is 0 Å². The fourth-order valence-corrected chi connectivity index (χ4v) is 3.21. The number of aryl methyl sites for hydroxylation is 2. The number of hydrogen-bond acceptors (Lipinski definition) is 4. The standard InChI is InChI=1S/C13H17BrN4O2S/c1-3-18-8-11(5-10(18)6-15)21(19,20)17-13-4-9(2)12(14)7-16-13/h4-5,7-8H,3,6,15H2,1-2H3,(H,16,17). The molecule has 114 valence electrons. The van der Waals surface area contributed by atoms with Crippen LogP contribution in [0.3, 0.4) is 0 Å². The number of sulfonamides is 1. The van der Waals surface area contributed by atoms with E-state index in [4.69, 9.17) is 5.73 Å². The number of aromatic nitrogens is 2. The second kappa shape index (κ2) is 6.17. The molecular formula is C13H17BrN4O2S. The van der Waals surface area contributed by atoms with Crippen LogP contribution in [0, 0.1) is 6.92 Å². The van der Waals surface area contributed by atoms with Crippen molar-refractivity contribution in [2.45, 2.75) is 31.8 Å². The molecule has 0 saturated heterocycles. The summed E-state index contributed by atoms with van der Waals surface area (Å²) in [4.78, 5) is 4.24. The third-order valence-electron chi connectivity index (χ3n) is 3.11. The predicted octanol–water partition coefficient (Wildman–Crippen LogP) is 2.23. The molecule has 0 unspecified atom stereocenters. The van der Waals surface area contributed by atoms with Crippen LogP contribution in [0.25, 0.3) is 0 Å². The van der Waals surface area contributed by atoms with Gasteiger partial charge in [0.1, 0.15) is 10.7 Å². The van der Waals surface area contributed by atoms with Crippen LogP contribution in [0.5, 0.6) is 0 Å². The molecule has 2 heterocycles. The maximum absolute atomic E-state index is 12.4. The van der Waals surface area contributed by atoms with Crippen LogP contribution < -0.4 is 10.5 Å². The highest BCUT2D eigenvalue weighted by Crippen LogP contribution is 2.21. The summed E-state index contributed by atoms with van der Waals surface area (Å²) in [6, 6.07) is 3.25. The third kappa shape index (κ3) is 3.45. The Kier molecular flexibility index (Phi) is 4.70. The molecule has 0 aliphatic rings. The van der Waals surface area contributed by atoms with Gasteiger partial charge in [-0.25, -0.2) is 13.4 Å². The zero-order valence-electron chi connectivity index (χ0n) is 11.8. The number of nitrogens with two attached hydrogens (primary N) is 1. The molecule has 0 fully saturated rings. The summed E-state index contributed by atoms with van der Waals surface area (Å²) in [5, 5.41) is 0. The molecule has 6 nitrogen and oxygen atoms in total. The van der Waals surface area contributed by atoms with Gasteiger partial charge >= 0.3 is 0 Å². The van der Waals surface area contributed by atoms with E-state index in [1.165, 1.54) is 0 Å². The molecule has 0 aliphatic heterocycles. The summed E-state index contributed by atoms with van der Waals surface area (Å²) in [5.41, 5.74) is 7.29. The first-order chi connectivity index (χ1) is 9.87. The second-order valence-electron chi connectivity index (χ2n) is 4.58. The van der Waals surface area contributed by atoms with E-state index in [-0.39, 0.29) is 10.7 Å². The molecule has 2 rings (SSSR count). The molecular weight excluding hydrogens is 356 g/mol. The first-order valence-corrected chi connectivity index (χ1v) is 8.69. The Hall–Kier alpha value is -1.38. The number of hydrogen-bond donors (Lipinski definition) is 2. The van der Waals surface area contributed by atoms with Crippen LogP contribution in [-0.2, 0) is 23.1 Å². The first-order valence-electron chi connectivity index (χ1n) is 6.41. The van der Waals surface area contributed by atoms with Gasteiger partial charge in [0.2, 0.25) is 0 Å². The van der Waals surface area contributed by atoms with Gasteiger partial charge in [0, 0.05) is 35.6 Å². The molecule has 0 spiro atoms. The lowest BCUT2D eigenvalue weighted by molar-refractivity contribution is 0.600. The van der Waals surface area contributed by atoms with Gasteiger partial charge in [-0.2, -0.15) is 0 Å². The fourth-order valence-electron chi connectivity index (χ4n) is 1.93.